The average Bonchev–Trinajstić information content (AvgIpc) is 3.07. The van der Waals surface area contributed by atoms with Crippen molar-refractivity contribution in [2.45, 2.75) is 25.5 Å². The highest BCUT2D eigenvalue weighted by Crippen LogP contribution is 2.25. The highest BCUT2D eigenvalue weighted by molar-refractivity contribution is 7.99. The van der Waals surface area contributed by atoms with Gasteiger partial charge in [0.05, 0.1) is 5.75 Å². The van der Waals surface area contributed by atoms with Crippen LogP contribution in [-0.4, -0.2) is 26.4 Å². The van der Waals surface area contributed by atoms with Crippen LogP contribution in [0.25, 0.3) is 11.4 Å². The lowest BCUT2D eigenvalue weighted by Crippen LogP contribution is -2.15. The molecule has 0 aliphatic carbocycles. The van der Waals surface area contributed by atoms with Crippen molar-refractivity contribution in [3.05, 3.63) is 72.1 Å². The van der Waals surface area contributed by atoms with Crippen molar-refractivity contribution in [1.29, 1.82) is 0 Å². The van der Waals surface area contributed by atoms with E-state index >= 15 is 0 Å². The molecule has 1 heterocycles. The molecule has 0 unspecified atom stereocenters. The molecular weight excluding hydrogens is 375 g/mol. The van der Waals surface area contributed by atoms with Gasteiger partial charge in [-0.25, -0.2) is 4.39 Å². The fourth-order valence-corrected chi connectivity index (χ4v) is 3.44. The predicted octanol–water partition coefficient (Wildman–Crippen LogP) is 4.62. The molecule has 1 aromatic heterocycles. The summed E-state index contributed by atoms with van der Waals surface area (Å²) in [6, 6.07) is 12.0. The first-order valence-corrected chi connectivity index (χ1v) is 9.76. The molecule has 0 radical (unpaired) electrons. The van der Waals surface area contributed by atoms with E-state index in [4.69, 9.17) is 0 Å². The van der Waals surface area contributed by atoms with Gasteiger partial charge in [-0.05, 0) is 55.3 Å². The molecule has 0 bridgehead atoms. The van der Waals surface area contributed by atoms with Crippen LogP contribution in [0.15, 0.2) is 60.3 Å². The number of hydrogen-bond acceptors (Lipinski definition) is 4. The van der Waals surface area contributed by atoms with E-state index in [1.54, 1.807) is 18.2 Å². The normalized spacial score (nSPS) is 10.7. The number of halogens is 1. The van der Waals surface area contributed by atoms with Crippen LogP contribution in [0.2, 0.25) is 0 Å². The zero-order valence-electron chi connectivity index (χ0n) is 15.8. The molecule has 0 spiro atoms. The van der Waals surface area contributed by atoms with Crippen molar-refractivity contribution in [2.24, 2.45) is 0 Å². The maximum absolute atomic E-state index is 13.2. The van der Waals surface area contributed by atoms with E-state index in [2.05, 4.69) is 22.1 Å². The van der Waals surface area contributed by atoms with Crippen LogP contribution in [0.1, 0.15) is 11.1 Å². The van der Waals surface area contributed by atoms with Crippen LogP contribution in [0, 0.1) is 19.7 Å². The van der Waals surface area contributed by atoms with Crippen LogP contribution in [0.3, 0.4) is 0 Å². The number of amides is 1. The second-order valence-electron chi connectivity index (χ2n) is 6.37. The lowest BCUT2D eigenvalue weighted by Gasteiger charge is -2.10. The molecule has 1 N–H and O–H groups in total. The van der Waals surface area contributed by atoms with Gasteiger partial charge in [0.25, 0.3) is 0 Å². The monoisotopic (exact) mass is 396 g/mol. The van der Waals surface area contributed by atoms with Crippen LogP contribution in [0.4, 0.5) is 10.1 Å². The summed E-state index contributed by atoms with van der Waals surface area (Å²) < 4.78 is 15.0. The smallest absolute Gasteiger partial charge is 0.234 e. The minimum Gasteiger partial charge on any atom is -0.325 e. The second-order valence-corrected chi connectivity index (χ2v) is 7.31. The zero-order chi connectivity index (χ0) is 20.1. The quantitative estimate of drug-likeness (QED) is 0.468. The maximum Gasteiger partial charge on any atom is 0.234 e. The van der Waals surface area contributed by atoms with Crippen molar-refractivity contribution in [2.75, 3.05) is 11.1 Å². The van der Waals surface area contributed by atoms with Crippen molar-refractivity contribution < 1.29 is 9.18 Å². The van der Waals surface area contributed by atoms with Gasteiger partial charge in [-0.2, -0.15) is 0 Å². The fourth-order valence-electron chi connectivity index (χ4n) is 2.69. The minimum atomic E-state index is -0.309. The Labute approximate surface area is 167 Å². The van der Waals surface area contributed by atoms with Gasteiger partial charge in [0.1, 0.15) is 5.82 Å². The third-order valence-corrected chi connectivity index (χ3v) is 5.10. The average molecular weight is 396 g/mol. The summed E-state index contributed by atoms with van der Waals surface area (Å²) in [5.41, 5.74) is 3.66. The highest BCUT2D eigenvalue weighted by Gasteiger charge is 2.15. The molecule has 1 amide bonds. The number of allylic oxidation sites excluding steroid dienone is 1. The van der Waals surface area contributed by atoms with Gasteiger partial charge in [-0.1, -0.05) is 30.0 Å². The number of nitrogens with zero attached hydrogens (tertiary/aromatic N) is 3. The van der Waals surface area contributed by atoms with Gasteiger partial charge >= 0.3 is 0 Å². The molecule has 0 atom stereocenters. The molecule has 3 aromatic rings. The first-order chi connectivity index (χ1) is 13.5. The summed E-state index contributed by atoms with van der Waals surface area (Å²) in [6.45, 7) is 8.20. The van der Waals surface area contributed by atoms with Crippen LogP contribution < -0.4 is 5.32 Å². The molecule has 144 valence electrons. The molecular formula is C21H21FN4OS. The fraction of sp³-hybridized carbons (Fsp3) is 0.190. The lowest BCUT2D eigenvalue weighted by molar-refractivity contribution is -0.113. The van der Waals surface area contributed by atoms with Gasteiger partial charge < -0.3 is 5.32 Å². The molecule has 0 saturated carbocycles. The van der Waals surface area contributed by atoms with Crippen molar-refractivity contribution in [3.63, 3.8) is 0 Å². The number of carbonyl (C=O) groups is 1. The Morgan fingerprint density at radius 1 is 1.21 bits per heavy atom. The molecule has 5 nitrogen and oxygen atoms in total. The molecule has 0 aliphatic rings. The number of thioether (sulfide) groups is 1. The van der Waals surface area contributed by atoms with Gasteiger partial charge in [0.2, 0.25) is 5.91 Å². The van der Waals surface area contributed by atoms with Crippen molar-refractivity contribution in [3.8, 4) is 11.4 Å². The summed E-state index contributed by atoms with van der Waals surface area (Å²) in [5, 5.41) is 12.0. The highest BCUT2D eigenvalue weighted by atomic mass is 32.2. The number of rotatable bonds is 7. The van der Waals surface area contributed by atoms with Crippen LogP contribution in [0.5, 0.6) is 0 Å². The number of nitrogens with one attached hydrogen (secondary N) is 1. The number of carbonyl (C=O) groups excluding carboxylic acids is 1. The van der Waals surface area contributed by atoms with Crippen molar-refractivity contribution >= 4 is 23.4 Å². The van der Waals surface area contributed by atoms with E-state index in [-0.39, 0.29) is 17.5 Å². The Morgan fingerprint density at radius 3 is 2.68 bits per heavy atom. The minimum absolute atomic E-state index is 0.116. The maximum atomic E-state index is 13.2. The summed E-state index contributed by atoms with van der Waals surface area (Å²) >= 11 is 1.30. The molecule has 28 heavy (non-hydrogen) atoms. The van der Waals surface area contributed by atoms with E-state index in [0.29, 0.717) is 17.5 Å². The number of aryl methyl sites for hydroxylation is 2. The Kier molecular flexibility index (Phi) is 6.26. The summed E-state index contributed by atoms with van der Waals surface area (Å²) in [4.78, 5) is 12.4. The summed E-state index contributed by atoms with van der Waals surface area (Å²) in [6.07, 6.45) is 1.73. The third kappa shape index (κ3) is 4.67. The molecule has 0 aliphatic heterocycles. The Morgan fingerprint density at radius 2 is 1.96 bits per heavy atom. The SMILES string of the molecule is C=CCn1c(SCC(=O)Nc2cc(C)ccc2C)nnc1-c1ccc(F)cc1. The van der Waals surface area contributed by atoms with Gasteiger partial charge in [0.15, 0.2) is 11.0 Å². The standard InChI is InChI=1S/C21H21FN4OS/c1-4-11-26-20(16-7-9-17(22)10-8-16)24-25-21(26)28-13-19(27)23-18-12-14(2)5-6-15(18)3/h4-10,12H,1,11,13H2,2-3H3,(H,23,27). The number of anilines is 1. The second kappa shape index (κ2) is 8.84. The molecule has 0 fully saturated rings. The number of hydrogen-bond donors (Lipinski definition) is 1. The summed E-state index contributed by atoms with van der Waals surface area (Å²) in [7, 11) is 0. The topological polar surface area (TPSA) is 59.8 Å². The van der Waals surface area contributed by atoms with E-state index in [9.17, 15) is 9.18 Å². The van der Waals surface area contributed by atoms with Crippen LogP contribution >= 0.6 is 11.8 Å². The first-order valence-electron chi connectivity index (χ1n) is 8.78. The first kappa shape index (κ1) is 19.8. The van der Waals surface area contributed by atoms with Gasteiger partial charge in [0, 0.05) is 17.8 Å². The summed E-state index contributed by atoms with van der Waals surface area (Å²) in [5.74, 6) is 0.385. The predicted molar refractivity (Wildman–Crippen MR) is 111 cm³/mol. The van der Waals surface area contributed by atoms with E-state index in [1.165, 1.54) is 23.9 Å². The lowest BCUT2D eigenvalue weighted by atomic mass is 10.1. The largest absolute Gasteiger partial charge is 0.325 e. The van der Waals surface area contributed by atoms with Crippen LogP contribution in [-0.2, 0) is 11.3 Å². The Balaban J connectivity index is 1.73. The third-order valence-electron chi connectivity index (χ3n) is 4.13. The van der Waals surface area contributed by atoms with E-state index in [0.717, 1.165) is 22.4 Å². The molecule has 7 heteroatoms. The van der Waals surface area contributed by atoms with E-state index in [1.807, 2.05) is 36.6 Å². The Bertz CT molecular complexity index is 998. The number of benzene rings is 2. The molecule has 0 saturated heterocycles. The van der Waals surface area contributed by atoms with E-state index < -0.39 is 0 Å². The van der Waals surface area contributed by atoms with Crippen molar-refractivity contribution in [1.82, 2.24) is 14.8 Å². The number of aromatic nitrogens is 3. The molecule has 3 rings (SSSR count). The zero-order valence-corrected chi connectivity index (χ0v) is 16.6. The van der Waals surface area contributed by atoms with Gasteiger partial charge in [-0.3, -0.25) is 9.36 Å². The van der Waals surface area contributed by atoms with Gasteiger partial charge in [-0.15, -0.1) is 16.8 Å². The molecule has 2 aromatic carbocycles. The Hall–Kier alpha value is -2.93.